The molecule has 1 N–H and O–H groups in total. The maximum Gasteiger partial charge on any atom is 0.0762 e. The highest BCUT2D eigenvalue weighted by molar-refractivity contribution is 6.34. The van der Waals surface area contributed by atoms with E-state index >= 15 is 0 Å². The van der Waals surface area contributed by atoms with Crippen LogP contribution in [0.3, 0.4) is 0 Å². The van der Waals surface area contributed by atoms with Crippen molar-refractivity contribution >= 4 is 23.2 Å². The lowest BCUT2D eigenvalue weighted by molar-refractivity contribution is 0.434. The molecule has 2 nitrogen and oxygen atoms in total. The first-order valence-corrected chi connectivity index (χ1v) is 5.30. The minimum absolute atomic E-state index is 0.166. The fourth-order valence-electron chi connectivity index (χ4n) is 1.44. The fourth-order valence-corrected chi connectivity index (χ4v) is 1.94. The summed E-state index contributed by atoms with van der Waals surface area (Å²) < 4.78 is 0. The van der Waals surface area contributed by atoms with Gasteiger partial charge in [-0.05, 0) is 19.0 Å². The van der Waals surface area contributed by atoms with E-state index in [2.05, 4.69) is 24.1 Å². The Morgan fingerprint density at radius 1 is 1.36 bits per heavy atom. The molecule has 0 saturated heterocycles. The quantitative estimate of drug-likeness (QED) is 0.866. The smallest absolute Gasteiger partial charge is 0.0762 e. The first-order valence-electron chi connectivity index (χ1n) is 4.54. The third-order valence-corrected chi connectivity index (χ3v) is 2.62. The predicted octanol–water partition coefficient (Wildman–Crippen LogP) is 3.30. The maximum atomic E-state index is 6.06. The van der Waals surface area contributed by atoms with Crippen molar-refractivity contribution in [1.82, 2.24) is 10.3 Å². The lowest BCUT2D eigenvalue weighted by atomic mass is 10.0. The van der Waals surface area contributed by atoms with Crippen LogP contribution >= 0.6 is 23.2 Å². The summed E-state index contributed by atoms with van der Waals surface area (Å²) in [5.74, 6) is 0.436. The molecule has 78 valence electrons. The Labute approximate surface area is 94.6 Å². The molecule has 1 rings (SSSR count). The van der Waals surface area contributed by atoms with Gasteiger partial charge in [-0.15, -0.1) is 0 Å². The van der Waals surface area contributed by atoms with Gasteiger partial charge in [-0.25, -0.2) is 0 Å². The molecule has 0 saturated carbocycles. The number of pyridine rings is 1. The molecule has 0 fully saturated rings. The second-order valence-corrected chi connectivity index (χ2v) is 4.37. The Morgan fingerprint density at radius 3 is 2.43 bits per heavy atom. The average Bonchev–Trinajstić information content (AvgIpc) is 2.09. The summed E-state index contributed by atoms with van der Waals surface area (Å²) in [6.45, 7) is 4.24. The van der Waals surface area contributed by atoms with Gasteiger partial charge in [-0.3, -0.25) is 4.98 Å². The molecule has 1 aromatic rings. The summed E-state index contributed by atoms with van der Waals surface area (Å²) in [6, 6.07) is 1.89. The van der Waals surface area contributed by atoms with E-state index in [1.54, 1.807) is 12.3 Å². The van der Waals surface area contributed by atoms with Crippen LogP contribution in [0.2, 0.25) is 10.0 Å². The highest BCUT2D eigenvalue weighted by Gasteiger charge is 2.17. The van der Waals surface area contributed by atoms with E-state index in [9.17, 15) is 0 Å². The number of nitrogens with one attached hydrogen (secondary N) is 1. The first-order chi connectivity index (χ1) is 6.56. The maximum absolute atomic E-state index is 6.06. The molecule has 0 radical (unpaired) electrons. The van der Waals surface area contributed by atoms with Gasteiger partial charge in [-0.2, -0.15) is 0 Å². The molecule has 0 aliphatic rings. The van der Waals surface area contributed by atoms with E-state index in [4.69, 9.17) is 23.2 Å². The molecule has 0 amide bonds. The van der Waals surface area contributed by atoms with Crippen LogP contribution < -0.4 is 5.32 Å². The molecule has 1 aromatic heterocycles. The fraction of sp³-hybridized carbons (Fsp3) is 0.500. The van der Waals surface area contributed by atoms with Gasteiger partial charge in [0.2, 0.25) is 0 Å². The summed E-state index contributed by atoms with van der Waals surface area (Å²) in [5, 5.41) is 4.37. The van der Waals surface area contributed by atoms with Crippen LogP contribution in [0.25, 0.3) is 0 Å². The molecule has 0 aromatic carbocycles. The number of nitrogens with zero attached hydrogens (tertiary/aromatic N) is 1. The summed E-state index contributed by atoms with van der Waals surface area (Å²) in [7, 11) is 1.90. The van der Waals surface area contributed by atoms with Crippen molar-refractivity contribution in [3.8, 4) is 0 Å². The predicted molar refractivity (Wildman–Crippen MR) is 60.9 cm³/mol. The van der Waals surface area contributed by atoms with Crippen LogP contribution in [0, 0.1) is 5.92 Å². The van der Waals surface area contributed by atoms with E-state index in [1.807, 2.05) is 7.05 Å². The molecule has 0 aliphatic heterocycles. The van der Waals surface area contributed by atoms with Gasteiger partial charge in [-0.1, -0.05) is 37.0 Å². The van der Waals surface area contributed by atoms with E-state index in [-0.39, 0.29) is 6.04 Å². The topological polar surface area (TPSA) is 24.9 Å². The van der Waals surface area contributed by atoms with Gasteiger partial charge in [0.05, 0.1) is 21.8 Å². The van der Waals surface area contributed by atoms with Crippen molar-refractivity contribution in [2.75, 3.05) is 7.05 Å². The van der Waals surface area contributed by atoms with Crippen molar-refractivity contribution in [2.45, 2.75) is 19.9 Å². The molecule has 0 bridgehead atoms. The van der Waals surface area contributed by atoms with Crippen molar-refractivity contribution in [3.05, 3.63) is 28.0 Å². The van der Waals surface area contributed by atoms with E-state index < -0.39 is 0 Å². The SMILES string of the molecule is CNC(c1ncc(Cl)cc1Cl)C(C)C. The number of hydrogen-bond donors (Lipinski definition) is 1. The highest BCUT2D eigenvalue weighted by atomic mass is 35.5. The van der Waals surface area contributed by atoms with E-state index in [0.29, 0.717) is 16.0 Å². The lowest BCUT2D eigenvalue weighted by Crippen LogP contribution is -2.23. The Balaban J connectivity index is 3.04. The Bertz CT molecular complexity index is 313. The van der Waals surface area contributed by atoms with Gasteiger partial charge in [0.25, 0.3) is 0 Å². The van der Waals surface area contributed by atoms with Crippen LogP contribution in [0.4, 0.5) is 0 Å². The average molecular weight is 233 g/mol. The van der Waals surface area contributed by atoms with Crippen molar-refractivity contribution in [2.24, 2.45) is 5.92 Å². The number of halogens is 2. The number of aromatic nitrogens is 1. The minimum atomic E-state index is 0.166. The molecule has 0 aliphatic carbocycles. The largest absolute Gasteiger partial charge is 0.311 e. The summed E-state index contributed by atoms with van der Waals surface area (Å²) in [6.07, 6.45) is 1.62. The summed E-state index contributed by atoms with van der Waals surface area (Å²) >= 11 is 11.8. The minimum Gasteiger partial charge on any atom is -0.311 e. The second-order valence-electron chi connectivity index (χ2n) is 3.53. The normalized spacial score (nSPS) is 13.3. The molecule has 0 spiro atoms. The standard InChI is InChI=1S/C10H14Cl2N2/c1-6(2)9(13-3)10-8(12)4-7(11)5-14-10/h4-6,9,13H,1-3H3. The molecule has 1 atom stereocenters. The van der Waals surface area contributed by atoms with Crippen LogP contribution in [0.1, 0.15) is 25.6 Å². The van der Waals surface area contributed by atoms with Crippen LogP contribution in [-0.2, 0) is 0 Å². The molecule has 14 heavy (non-hydrogen) atoms. The summed E-state index contributed by atoms with van der Waals surface area (Å²) in [4.78, 5) is 4.24. The zero-order valence-electron chi connectivity index (χ0n) is 8.51. The van der Waals surface area contributed by atoms with Crippen molar-refractivity contribution < 1.29 is 0 Å². The van der Waals surface area contributed by atoms with Gasteiger partial charge >= 0.3 is 0 Å². The first kappa shape index (κ1) is 11.8. The van der Waals surface area contributed by atoms with Gasteiger partial charge < -0.3 is 5.32 Å². The third kappa shape index (κ3) is 2.59. The van der Waals surface area contributed by atoms with Crippen molar-refractivity contribution in [1.29, 1.82) is 0 Å². The second kappa shape index (κ2) is 4.96. The number of rotatable bonds is 3. The summed E-state index contributed by atoms with van der Waals surface area (Å²) in [5.41, 5.74) is 0.855. The monoisotopic (exact) mass is 232 g/mol. The van der Waals surface area contributed by atoms with Crippen molar-refractivity contribution in [3.63, 3.8) is 0 Å². The Morgan fingerprint density at radius 2 is 2.00 bits per heavy atom. The van der Waals surface area contributed by atoms with Crippen LogP contribution in [-0.4, -0.2) is 12.0 Å². The Hall–Kier alpha value is -0.310. The van der Waals surface area contributed by atoms with E-state index in [0.717, 1.165) is 5.69 Å². The number of hydrogen-bond acceptors (Lipinski definition) is 2. The zero-order valence-corrected chi connectivity index (χ0v) is 10.0. The van der Waals surface area contributed by atoms with E-state index in [1.165, 1.54) is 0 Å². The van der Waals surface area contributed by atoms with Crippen LogP contribution in [0.15, 0.2) is 12.3 Å². The Kier molecular flexibility index (Phi) is 4.17. The molecule has 1 unspecified atom stereocenters. The van der Waals surface area contributed by atoms with Crippen LogP contribution in [0.5, 0.6) is 0 Å². The lowest BCUT2D eigenvalue weighted by Gasteiger charge is -2.20. The highest BCUT2D eigenvalue weighted by Crippen LogP contribution is 2.27. The van der Waals surface area contributed by atoms with Gasteiger partial charge in [0.1, 0.15) is 0 Å². The molecular formula is C10H14Cl2N2. The van der Waals surface area contributed by atoms with Gasteiger partial charge in [0.15, 0.2) is 0 Å². The van der Waals surface area contributed by atoms with Gasteiger partial charge in [0, 0.05) is 6.20 Å². The molecule has 4 heteroatoms. The molecule has 1 heterocycles. The molecular weight excluding hydrogens is 219 g/mol. The third-order valence-electron chi connectivity index (χ3n) is 2.11. The zero-order chi connectivity index (χ0) is 10.7.